The number of hydrogen-bond acceptors (Lipinski definition) is 5. The molecule has 0 bridgehead atoms. The van der Waals surface area contributed by atoms with Gasteiger partial charge in [0.25, 0.3) is 0 Å². The van der Waals surface area contributed by atoms with Gasteiger partial charge in [-0.3, -0.25) is 4.98 Å². The number of nitrogens with one attached hydrogen (secondary N) is 1. The lowest BCUT2D eigenvalue weighted by Gasteiger charge is -2.08. The van der Waals surface area contributed by atoms with Gasteiger partial charge >= 0.3 is 0 Å². The number of anilines is 1. The van der Waals surface area contributed by atoms with Crippen LogP contribution in [0.1, 0.15) is 31.2 Å². The molecule has 106 valence electrons. The molecule has 20 heavy (non-hydrogen) atoms. The first-order valence-corrected chi connectivity index (χ1v) is 6.98. The monoisotopic (exact) mass is 271 g/mol. The molecule has 2 rings (SSSR count). The Hall–Kier alpha value is -2.01. The van der Waals surface area contributed by atoms with Gasteiger partial charge in [0.15, 0.2) is 0 Å². The lowest BCUT2D eigenvalue weighted by Crippen LogP contribution is -2.06. The number of nitrogens with two attached hydrogens (primary N) is 1. The van der Waals surface area contributed by atoms with Crippen LogP contribution in [0.2, 0.25) is 0 Å². The fourth-order valence-corrected chi connectivity index (χ4v) is 1.92. The summed E-state index contributed by atoms with van der Waals surface area (Å²) in [6.45, 7) is 5.46. The summed E-state index contributed by atoms with van der Waals surface area (Å²) in [7, 11) is 0. The number of rotatable bonds is 6. The fourth-order valence-electron chi connectivity index (χ4n) is 1.92. The molecular formula is C15H21N5. The second kappa shape index (κ2) is 6.96. The lowest BCUT2D eigenvalue weighted by molar-refractivity contribution is 0.825. The van der Waals surface area contributed by atoms with Gasteiger partial charge in [-0.2, -0.15) is 0 Å². The molecule has 0 atom stereocenters. The third kappa shape index (κ3) is 3.51. The van der Waals surface area contributed by atoms with E-state index in [2.05, 4.69) is 27.2 Å². The summed E-state index contributed by atoms with van der Waals surface area (Å²) in [5.41, 5.74) is 9.22. The Morgan fingerprint density at radius 1 is 1.25 bits per heavy atom. The number of pyridine rings is 1. The Bertz CT molecular complexity index is 568. The maximum atomic E-state index is 5.62. The minimum atomic E-state index is 0.435. The van der Waals surface area contributed by atoms with E-state index < -0.39 is 0 Å². The molecular weight excluding hydrogens is 250 g/mol. The van der Waals surface area contributed by atoms with Gasteiger partial charge in [0.05, 0.1) is 17.1 Å². The highest BCUT2D eigenvalue weighted by Crippen LogP contribution is 2.20. The Balaban J connectivity index is 2.20. The zero-order valence-corrected chi connectivity index (χ0v) is 12.1. The molecule has 3 N–H and O–H groups in total. The van der Waals surface area contributed by atoms with Crippen molar-refractivity contribution in [1.82, 2.24) is 15.0 Å². The van der Waals surface area contributed by atoms with Crippen molar-refractivity contribution in [3.05, 3.63) is 35.8 Å². The van der Waals surface area contributed by atoms with E-state index in [1.165, 1.54) is 0 Å². The molecule has 0 fully saturated rings. The summed E-state index contributed by atoms with van der Waals surface area (Å²) >= 11 is 0. The fraction of sp³-hybridized carbons (Fsp3) is 0.400. The predicted molar refractivity (Wildman–Crippen MR) is 81.3 cm³/mol. The minimum absolute atomic E-state index is 0.435. The molecule has 0 unspecified atom stereocenters. The van der Waals surface area contributed by atoms with Crippen molar-refractivity contribution in [3.8, 4) is 11.3 Å². The van der Waals surface area contributed by atoms with Crippen LogP contribution in [0.5, 0.6) is 0 Å². The van der Waals surface area contributed by atoms with Crippen molar-refractivity contribution in [2.75, 3.05) is 11.9 Å². The third-order valence-electron chi connectivity index (χ3n) is 3.08. The van der Waals surface area contributed by atoms with Crippen LogP contribution in [0.4, 0.5) is 5.95 Å². The second-order valence-corrected chi connectivity index (χ2v) is 4.69. The van der Waals surface area contributed by atoms with E-state index >= 15 is 0 Å². The summed E-state index contributed by atoms with van der Waals surface area (Å²) in [5.74, 6) is 0.676. The average molecular weight is 271 g/mol. The van der Waals surface area contributed by atoms with Crippen LogP contribution in [0.25, 0.3) is 11.3 Å². The maximum Gasteiger partial charge on any atom is 0.222 e. The molecule has 0 spiro atoms. The van der Waals surface area contributed by atoms with Crippen molar-refractivity contribution in [3.63, 3.8) is 0 Å². The Labute approximate surface area is 119 Å². The van der Waals surface area contributed by atoms with Crippen LogP contribution in [-0.4, -0.2) is 21.5 Å². The van der Waals surface area contributed by atoms with E-state index in [0.29, 0.717) is 12.5 Å². The number of aryl methyl sites for hydroxylation is 1. The van der Waals surface area contributed by atoms with Crippen LogP contribution >= 0.6 is 0 Å². The molecule has 0 amide bonds. The van der Waals surface area contributed by atoms with Crippen molar-refractivity contribution < 1.29 is 0 Å². The maximum absolute atomic E-state index is 5.62. The summed E-state index contributed by atoms with van der Waals surface area (Å²) in [4.78, 5) is 13.3. The molecule has 0 aromatic carbocycles. The zero-order valence-electron chi connectivity index (χ0n) is 12.1. The number of unbranched alkanes of at least 4 members (excludes halogenated alkanes) is 1. The van der Waals surface area contributed by atoms with Gasteiger partial charge in [-0.15, -0.1) is 0 Å². The molecule has 0 aliphatic heterocycles. The smallest absolute Gasteiger partial charge is 0.222 e. The molecule has 0 radical (unpaired) electrons. The molecule has 0 aliphatic rings. The van der Waals surface area contributed by atoms with Gasteiger partial charge in [0, 0.05) is 24.8 Å². The van der Waals surface area contributed by atoms with E-state index in [1.54, 1.807) is 0 Å². The van der Waals surface area contributed by atoms with Gasteiger partial charge in [0.2, 0.25) is 5.95 Å². The Morgan fingerprint density at radius 2 is 2.10 bits per heavy atom. The van der Waals surface area contributed by atoms with E-state index in [9.17, 15) is 0 Å². The minimum Gasteiger partial charge on any atom is -0.354 e. The molecule has 0 saturated carbocycles. The number of nitrogens with zero attached hydrogens (tertiary/aromatic N) is 3. The molecule has 0 aliphatic carbocycles. The molecule has 2 aromatic rings. The van der Waals surface area contributed by atoms with E-state index in [0.717, 1.165) is 42.0 Å². The number of hydrogen-bond donors (Lipinski definition) is 2. The lowest BCUT2D eigenvalue weighted by atomic mass is 10.1. The summed E-state index contributed by atoms with van der Waals surface area (Å²) in [6.07, 6.45) is 4.09. The SMILES string of the molecule is CCCCNc1ncc(-c2cccc(CN)n2)c(C)n1. The predicted octanol–water partition coefficient (Wildman–Crippen LogP) is 2.52. The Morgan fingerprint density at radius 3 is 2.80 bits per heavy atom. The second-order valence-electron chi connectivity index (χ2n) is 4.69. The highest BCUT2D eigenvalue weighted by atomic mass is 15.1. The number of aromatic nitrogens is 3. The summed E-state index contributed by atoms with van der Waals surface area (Å²) < 4.78 is 0. The van der Waals surface area contributed by atoms with Gasteiger partial charge in [0.1, 0.15) is 0 Å². The molecule has 5 heteroatoms. The van der Waals surface area contributed by atoms with Crippen LogP contribution in [0.15, 0.2) is 24.4 Å². The van der Waals surface area contributed by atoms with Crippen LogP contribution in [0, 0.1) is 6.92 Å². The van der Waals surface area contributed by atoms with Crippen molar-refractivity contribution >= 4 is 5.95 Å². The van der Waals surface area contributed by atoms with Crippen molar-refractivity contribution in [1.29, 1.82) is 0 Å². The molecule has 2 heterocycles. The average Bonchev–Trinajstić information content (AvgIpc) is 2.48. The van der Waals surface area contributed by atoms with Crippen molar-refractivity contribution in [2.45, 2.75) is 33.2 Å². The molecule has 0 saturated heterocycles. The largest absolute Gasteiger partial charge is 0.354 e. The summed E-state index contributed by atoms with van der Waals surface area (Å²) in [6, 6.07) is 5.83. The zero-order chi connectivity index (χ0) is 14.4. The summed E-state index contributed by atoms with van der Waals surface area (Å²) in [5, 5.41) is 3.22. The topological polar surface area (TPSA) is 76.7 Å². The Kier molecular flexibility index (Phi) is 5.01. The van der Waals surface area contributed by atoms with Gasteiger partial charge in [-0.05, 0) is 25.5 Å². The van der Waals surface area contributed by atoms with E-state index in [-0.39, 0.29) is 0 Å². The van der Waals surface area contributed by atoms with Gasteiger partial charge < -0.3 is 11.1 Å². The normalized spacial score (nSPS) is 10.6. The highest BCUT2D eigenvalue weighted by Gasteiger charge is 2.07. The standard InChI is InChI=1S/C15H21N5/c1-3-4-8-17-15-18-10-13(11(2)19-15)14-7-5-6-12(9-16)20-14/h5-7,10H,3-4,8-9,16H2,1-2H3,(H,17,18,19). The first-order chi connectivity index (χ1) is 9.74. The van der Waals surface area contributed by atoms with Gasteiger partial charge in [-0.25, -0.2) is 9.97 Å². The highest BCUT2D eigenvalue weighted by molar-refractivity contribution is 5.61. The quantitative estimate of drug-likeness (QED) is 0.789. The first kappa shape index (κ1) is 14.4. The first-order valence-electron chi connectivity index (χ1n) is 6.98. The van der Waals surface area contributed by atoms with E-state index in [1.807, 2.05) is 31.3 Å². The van der Waals surface area contributed by atoms with Crippen LogP contribution in [-0.2, 0) is 6.54 Å². The van der Waals surface area contributed by atoms with Gasteiger partial charge in [-0.1, -0.05) is 19.4 Å². The van der Waals surface area contributed by atoms with E-state index in [4.69, 9.17) is 5.73 Å². The van der Waals surface area contributed by atoms with Crippen molar-refractivity contribution in [2.24, 2.45) is 5.73 Å². The van der Waals surface area contributed by atoms with Crippen LogP contribution in [0.3, 0.4) is 0 Å². The third-order valence-corrected chi connectivity index (χ3v) is 3.08. The molecule has 5 nitrogen and oxygen atoms in total. The van der Waals surface area contributed by atoms with Crippen LogP contribution < -0.4 is 11.1 Å². The molecule has 2 aromatic heterocycles.